The van der Waals surface area contributed by atoms with Crippen molar-refractivity contribution in [2.75, 3.05) is 6.07 Å². The van der Waals surface area contributed by atoms with Crippen molar-refractivity contribution in [1.82, 2.24) is 0 Å². The van der Waals surface area contributed by atoms with E-state index in [2.05, 4.69) is 20.7 Å². The summed E-state index contributed by atoms with van der Waals surface area (Å²) in [7, 11) is 0. The van der Waals surface area contributed by atoms with Gasteiger partial charge in [0.05, 0.1) is 4.47 Å². The van der Waals surface area contributed by atoms with Gasteiger partial charge in [-0.1, -0.05) is 11.6 Å². The molecule has 0 aliphatic rings. The Morgan fingerprint density at radius 1 is 1.33 bits per heavy atom. The molecular formula is C8H5BrClF3O2. The lowest BCUT2D eigenvalue weighted by atomic mass is 10.3. The first kappa shape index (κ1) is 12.4. The molecule has 0 spiro atoms. The van der Waals surface area contributed by atoms with Crippen LogP contribution in [0.1, 0.15) is 0 Å². The van der Waals surface area contributed by atoms with Gasteiger partial charge in [-0.25, -0.2) is 0 Å². The van der Waals surface area contributed by atoms with E-state index in [0.29, 0.717) is 5.75 Å². The average molecular weight is 305 g/mol. The minimum absolute atomic E-state index is 0.0775. The molecule has 0 saturated carbocycles. The van der Waals surface area contributed by atoms with Gasteiger partial charge in [0.25, 0.3) is 0 Å². The molecule has 0 saturated heterocycles. The monoisotopic (exact) mass is 304 g/mol. The van der Waals surface area contributed by atoms with Gasteiger partial charge in [-0.3, -0.25) is 0 Å². The summed E-state index contributed by atoms with van der Waals surface area (Å²) in [5.41, 5.74) is 0. The van der Waals surface area contributed by atoms with Crippen LogP contribution in [0, 0.1) is 0 Å². The van der Waals surface area contributed by atoms with E-state index in [1.165, 1.54) is 12.1 Å². The minimum atomic E-state index is -4.71. The fourth-order valence-corrected chi connectivity index (χ4v) is 1.41. The molecule has 0 amide bonds. The molecule has 1 aromatic carbocycles. The standard InChI is InChI=1S/C8H5BrClF3O2/c9-6-3-5(14-4-10)1-2-7(6)15-8(11,12)13/h1-3H,4H2. The third-order valence-corrected chi connectivity index (χ3v) is 2.08. The zero-order valence-corrected chi connectivity index (χ0v) is 9.49. The normalized spacial score (nSPS) is 11.3. The highest BCUT2D eigenvalue weighted by Gasteiger charge is 2.31. The van der Waals surface area contributed by atoms with E-state index in [1.54, 1.807) is 0 Å². The summed E-state index contributed by atoms with van der Waals surface area (Å²) >= 11 is 8.21. The number of ether oxygens (including phenoxy) is 2. The van der Waals surface area contributed by atoms with Gasteiger partial charge < -0.3 is 9.47 Å². The Kier molecular flexibility index (Phi) is 4.10. The Hall–Kier alpha value is -0.620. The molecule has 0 atom stereocenters. The fraction of sp³-hybridized carbons (Fsp3) is 0.250. The second-order valence-corrected chi connectivity index (χ2v) is 3.47. The van der Waals surface area contributed by atoms with Gasteiger partial charge >= 0.3 is 6.36 Å². The molecule has 1 rings (SSSR count). The molecule has 0 aromatic heterocycles. The first-order valence-electron chi connectivity index (χ1n) is 3.66. The molecule has 84 valence electrons. The lowest BCUT2D eigenvalue weighted by Gasteiger charge is -2.11. The van der Waals surface area contributed by atoms with Crippen molar-refractivity contribution in [3.05, 3.63) is 22.7 Å². The molecule has 15 heavy (non-hydrogen) atoms. The Morgan fingerprint density at radius 2 is 2.00 bits per heavy atom. The molecule has 7 heteroatoms. The van der Waals surface area contributed by atoms with E-state index >= 15 is 0 Å². The van der Waals surface area contributed by atoms with Gasteiger partial charge in [-0.05, 0) is 34.1 Å². The highest BCUT2D eigenvalue weighted by molar-refractivity contribution is 9.10. The number of halogens is 5. The Balaban J connectivity index is 2.84. The molecule has 0 aliphatic carbocycles. The molecule has 2 nitrogen and oxygen atoms in total. The fourth-order valence-electron chi connectivity index (χ4n) is 0.842. The highest BCUT2D eigenvalue weighted by atomic mass is 79.9. The molecule has 0 fully saturated rings. The van der Waals surface area contributed by atoms with Crippen LogP contribution in [-0.2, 0) is 0 Å². The van der Waals surface area contributed by atoms with Crippen molar-refractivity contribution in [1.29, 1.82) is 0 Å². The van der Waals surface area contributed by atoms with Crippen molar-refractivity contribution in [3.8, 4) is 11.5 Å². The Morgan fingerprint density at radius 3 is 2.47 bits per heavy atom. The molecule has 0 aliphatic heterocycles. The summed E-state index contributed by atoms with van der Waals surface area (Å²) in [6.45, 7) is 0. The van der Waals surface area contributed by atoms with E-state index in [0.717, 1.165) is 6.07 Å². The maximum Gasteiger partial charge on any atom is 0.573 e. The van der Waals surface area contributed by atoms with Gasteiger partial charge in [-0.15, -0.1) is 13.2 Å². The number of hydrogen-bond donors (Lipinski definition) is 0. The summed E-state index contributed by atoms with van der Waals surface area (Å²) in [5.74, 6) is 0.0239. The summed E-state index contributed by atoms with van der Waals surface area (Å²) in [4.78, 5) is 0. The van der Waals surface area contributed by atoms with Gasteiger partial charge in [0.15, 0.2) is 6.07 Å². The minimum Gasteiger partial charge on any atom is -0.478 e. The van der Waals surface area contributed by atoms with Crippen LogP contribution >= 0.6 is 27.5 Å². The average Bonchev–Trinajstić information content (AvgIpc) is 2.08. The zero-order chi connectivity index (χ0) is 11.5. The van der Waals surface area contributed by atoms with Crippen molar-refractivity contribution in [2.45, 2.75) is 6.36 Å². The second-order valence-electron chi connectivity index (χ2n) is 2.39. The molecule has 0 bridgehead atoms. The Bertz CT molecular complexity index is 343. The number of alkyl halides is 4. The smallest absolute Gasteiger partial charge is 0.478 e. The number of hydrogen-bond acceptors (Lipinski definition) is 2. The van der Waals surface area contributed by atoms with Gasteiger partial charge in [0.1, 0.15) is 11.5 Å². The first-order valence-corrected chi connectivity index (χ1v) is 4.99. The number of rotatable bonds is 3. The van der Waals surface area contributed by atoms with Gasteiger partial charge in [-0.2, -0.15) is 0 Å². The van der Waals surface area contributed by atoms with Crippen LogP contribution < -0.4 is 9.47 Å². The van der Waals surface area contributed by atoms with Crippen molar-refractivity contribution >= 4 is 27.5 Å². The maximum atomic E-state index is 11.9. The van der Waals surface area contributed by atoms with E-state index in [4.69, 9.17) is 16.3 Å². The Labute approximate surface area is 97.1 Å². The lowest BCUT2D eigenvalue weighted by Crippen LogP contribution is -2.17. The van der Waals surface area contributed by atoms with Crippen LogP contribution in [0.25, 0.3) is 0 Å². The predicted octanol–water partition coefficient (Wildman–Crippen LogP) is 3.92. The predicted molar refractivity (Wildman–Crippen MR) is 52.2 cm³/mol. The quantitative estimate of drug-likeness (QED) is 0.788. The topological polar surface area (TPSA) is 18.5 Å². The van der Waals surface area contributed by atoms with Crippen LogP contribution in [0.4, 0.5) is 13.2 Å². The van der Waals surface area contributed by atoms with Crippen LogP contribution in [0.3, 0.4) is 0 Å². The van der Waals surface area contributed by atoms with Crippen LogP contribution in [0.15, 0.2) is 22.7 Å². The molecule has 0 radical (unpaired) electrons. The van der Waals surface area contributed by atoms with Crippen LogP contribution in [-0.4, -0.2) is 12.4 Å². The van der Waals surface area contributed by atoms with Gasteiger partial charge in [0.2, 0.25) is 0 Å². The first-order chi connectivity index (χ1) is 6.92. The van der Waals surface area contributed by atoms with Crippen molar-refractivity contribution in [3.63, 3.8) is 0 Å². The molecule has 0 heterocycles. The van der Waals surface area contributed by atoms with Crippen molar-refractivity contribution in [2.24, 2.45) is 0 Å². The van der Waals surface area contributed by atoms with E-state index in [-0.39, 0.29) is 16.3 Å². The number of benzene rings is 1. The van der Waals surface area contributed by atoms with Crippen LogP contribution in [0.2, 0.25) is 0 Å². The summed E-state index contributed by atoms with van der Waals surface area (Å²) in [5, 5.41) is 0. The third-order valence-electron chi connectivity index (χ3n) is 1.35. The van der Waals surface area contributed by atoms with Gasteiger partial charge in [0, 0.05) is 0 Å². The molecule has 0 unspecified atom stereocenters. The van der Waals surface area contributed by atoms with E-state index < -0.39 is 6.36 Å². The second kappa shape index (κ2) is 4.94. The molecule has 1 aromatic rings. The largest absolute Gasteiger partial charge is 0.573 e. The highest BCUT2D eigenvalue weighted by Crippen LogP contribution is 2.33. The molecular weight excluding hydrogens is 300 g/mol. The van der Waals surface area contributed by atoms with Crippen LogP contribution in [0.5, 0.6) is 11.5 Å². The molecule has 0 N–H and O–H groups in total. The summed E-state index contributed by atoms with van der Waals surface area (Å²) in [6, 6.07) is 3.73. The summed E-state index contributed by atoms with van der Waals surface area (Å²) in [6.07, 6.45) is -4.71. The van der Waals surface area contributed by atoms with E-state index in [1.807, 2.05) is 0 Å². The SMILES string of the molecule is FC(F)(F)Oc1ccc(OCCl)cc1Br. The lowest BCUT2D eigenvalue weighted by molar-refractivity contribution is -0.274. The summed E-state index contributed by atoms with van der Waals surface area (Å²) < 4.78 is 44.4. The maximum absolute atomic E-state index is 11.9. The third kappa shape index (κ3) is 4.17. The van der Waals surface area contributed by atoms with Crippen molar-refractivity contribution < 1.29 is 22.6 Å². The zero-order valence-electron chi connectivity index (χ0n) is 7.15. The van der Waals surface area contributed by atoms with E-state index in [9.17, 15) is 13.2 Å².